The van der Waals surface area contributed by atoms with Gasteiger partial charge in [-0.3, -0.25) is 4.79 Å². The number of carbonyl (C=O) groups is 1. The number of piperazine rings is 1. The van der Waals surface area contributed by atoms with Crippen molar-refractivity contribution in [3.63, 3.8) is 0 Å². The van der Waals surface area contributed by atoms with Crippen molar-refractivity contribution in [3.05, 3.63) is 53.1 Å². The Morgan fingerprint density at radius 3 is 2.70 bits per heavy atom. The maximum Gasteiger partial charge on any atom is 0.265 e. The molecule has 0 saturated carbocycles. The number of H-pyrrole nitrogens is 1. The molecule has 0 atom stereocenters. The van der Waals surface area contributed by atoms with Gasteiger partial charge in [-0.05, 0) is 23.6 Å². The van der Waals surface area contributed by atoms with Gasteiger partial charge < -0.3 is 9.88 Å². The third-order valence-electron chi connectivity index (χ3n) is 5.01. The average Bonchev–Trinajstić information content (AvgIpc) is 3.53. The van der Waals surface area contributed by atoms with Crippen LogP contribution in [-0.4, -0.2) is 64.7 Å². The lowest BCUT2D eigenvalue weighted by Gasteiger charge is -2.33. The van der Waals surface area contributed by atoms with Crippen LogP contribution in [0.25, 0.3) is 20.9 Å². The molecular formula is C19H17N5O3S3. The van der Waals surface area contributed by atoms with Gasteiger partial charge in [-0.25, -0.2) is 18.4 Å². The summed E-state index contributed by atoms with van der Waals surface area (Å²) in [4.78, 5) is 27.8. The first-order valence-electron chi connectivity index (χ1n) is 9.25. The molecule has 4 aromatic heterocycles. The monoisotopic (exact) mass is 459 g/mol. The molecule has 0 bridgehead atoms. The molecule has 1 fully saturated rings. The Morgan fingerprint density at radius 1 is 1.10 bits per heavy atom. The molecule has 1 N–H and O–H groups in total. The fourth-order valence-electron chi connectivity index (χ4n) is 3.46. The van der Waals surface area contributed by atoms with Crippen LogP contribution in [0.15, 0.2) is 53.1 Å². The van der Waals surface area contributed by atoms with Crippen LogP contribution >= 0.6 is 22.7 Å². The molecule has 1 saturated heterocycles. The second-order valence-electron chi connectivity index (χ2n) is 6.76. The largest absolute Gasteiger partial charge is 0.345 e. The van der Waals surface area contributed by atoms with Crippen LogP contribution in [0, 0.1) is 0 Å². The number of hydrogen-bond donors (Lipinski definition) is 1. The SMILES string of the molecule is O=C(c1cnc(-c2cccs2)s1)N1CCN(S(=O)(=O)c2c[nH]c3ncccc23)CC1. The Bertz CT molecular complexity index is 1300. The molecule has 0 aliphatic carbocycles. The lowest BCUT2D eigenvalue weighted by molar-refractivity contribution is 0.0702. The van der Waals surface area contributed by atoms with Crippen LogP contribution in [0.2, 0.25) is 0 Å². The lowest BCUT2D eigenvalue weighted by atomic mass is 10.3. The van der Waals surface area contributed by atoms with Gasteiger partial charge in [-0.2, -0.15) is 4.31 Å². The molecule has 0 radical (unpaired) electrons. The highest BCUT2D eigenvalue weighted by atomic mass is 32.2. The Balaban J connectivity index is 1.30. The van der Waals surface area contributed by atoms with Gasteiger partial charge in [0.1, 0.15) is 20.4 Å². The van der Waals surface area contributed by atoms with E-state index in [0.29, 0.717) is 29.0 Å². The second-order valence-corrected chi connectivity index (χ2v) is 10.6. The minimum Gasteiger partial charge on any atom is -0.345 e. The fourth-order valence-corrected chi connectivity index (χ4v) is 6.72. The number of carbonyl (C=O) groups excluding carboxylic acids is 1. The van der Waals surface area contributed by atoms with E-state index in [0.717, 1.165) is 9.88 Å². The molecule has 4 aromatic rings. The van der Waals surface area contributed by atoms with Crippen molar-refractivity contribution in [2.45, 2.75) is 4.90 Å². The van der Waals surface area contributed by atoms with Crippen molar-refractivity contribution in [1.82, 2.24) is 24.2 Å². The van der Waals surface area contributed by atoms with Gasteiger partial charge in [0.25, 0.3) is 5.91 Å². The van der Waals surface area contributed by atoms with Crippen LogP contribution in [0.1, 0.15) is 9.67 Å². The first kappa shape index (κ1) is 19.4. The van der Waals surface area contributed by atoms with E-state index >= 15 is 0 Å². The molecule has 30 heavy (non-hydrogen) atoms. The summed E-state index contributed by atoms with van der Waals surface area (Å²) >= 11 is 2.94. The zero-order valence-corrected chi connectivity index (χ0v) is 18.1. The number of aromatic nitrogens is 3. The molecule has 0 aromatic carbocycles. The molecular weight excluding hydrogens is 442 g/mol. The van der Waals surface area contributed by atoms with Gasteiger partial charge in [0.05, 0.1) is 11.1 Å². The number of sulfonamides is 1. The van der Waals surface area contributed by atoms with Gasteiger partial charge >= 0.3 is 0 Å². The van der Waals surface area contributed by atoms with Gasteiger partial charge in [-0.15, -0.1) is 22.7 Å². The number of fused-ring (bicyclic) bond motifs is 1. The molecule has 5 heterocycles. The minimum absolute atomic E-state index is 0.108. The highest BCUT2D eigenvalue weighted by Crippen LogP contribution is 2.30. The number of thiophene rings is 1. The van der Waals surface area contributed by atoms with E-state index in [1.54, 1.807) is 40.8 Å². The smallest absolute Gasteiger partial charge is 0.265 e. The molecule has 1 aliphatic heterocycles. The second kappa shape index (κ2) is 7.58. The van der Waals surface area contributed by atoms with Gasteiger partial charge in [0.2, 0.25) is 10.0 Å². The van der Waals surface area contributed by atoms with E-state index in [2.05, 4.69) is 15.0 Å². The van der Waals surface area contributed by atoms with E-state index in [9.17, 15) is 13.2 Å². The summed E-state index contributed by atoms with van der Waals surface area (Å²) in [6.07, 6.45) is 4.70. The molecule has 0 unspecified atom stereocenters. The van der Waals surface area contributed by atoms with Crippen LogP contribution in [-0.2, 0) is 10.0 Å². The van der Waals surface area contributed by atoms with Crippen molar-refractivity contribution in [2.75, 3.05) is 26.2 Å². The van der Waals surface area contributed by atoms with Crippen molar-refractivity contribution >= 4 is 49.6 Å². The first-order chi connectivity index (χ1) is 14.5. The van der Waals surface area contributed by atoms with E-state index in [1.807, 2.05) is 17.5 Å². The normalized spacial score (nSPS) is 15.7. The van der Waals surface area contributed by atoms with Crippen LogP contribution in [0.3, 0.4) is 0 Å². The number of rotatable bonds is 4. The Morgan fingerprint density at radius 2 is 1.93 bits per heavy atom. The lowest BCUT2D eigenvalue weighted by Crippen LogP contribution is -2.50. The summed E-state index contributed by atoms with van der Waals surface area (Å²) in [6, 6.07) is 7.37. The topological polar surface area (TPSA) is 99.3 Å². The summed E-state index contributed by atoms with van der Waals surface area (Å²) in [7, 11) is -3.67. The molecule has 1 amide bonds. The standard InChI is InChI=1S/C19H17N5O3S3/c25-19(15-11-22-18(29-15)14-4-2-10-28-14)23-6-8-24(9-7-23)30(26,27)16-12-21-17-13(16)3-1-5-20-17/h1-5,10-12H,6-9H2,(H,20,21). The predicted octanol–water partition coefficient (Wildman–Crippen LogP) is 2.89. The maximum absolute atomic E-state index is 13.1. The molecule has 154 valence electrons. The first-order valence-corrected chi connectivity index (χ1v) is 12.4. The summed E-state index contributed by atoms with van der Waals surface area (Å²) < 4.78 is 27.6. The van der Waals surface area contributed by atoms with Crippen LogP contribution in [0.5, 0.6) is 0 Å². The number of nitrogens with zero attached hydrogens (tertiary/aromatic N) is 4. The van der Waals surface area contributed by atoms with Crippen LogP contribution in [0.4, 0.5) is 0 Å². The summed E-state index contributed by atoms with van der Waals surface area (Å²) in [5.74, 6) is -0.108. The highest BCUT2D eigenvalue weighted by Gasteiger charge is 2.32. The van der Waals surface area contributed by atoms with Crippen LogP contribution < -0.4 is 0 Å². The Labute approximate surface area is 180 Å². The van der Waals surface area contributed by atoms with E-state index in [1.165, 1.54) is 21.8 Å². The quantitative estimate of drug-likeness (QED) is 0.506. The number of amides is 1. The summed E-state index contributed by atoms with van der Waals surface area (Å²) in [5.41, 5.74) is 0.539. The minimum atomic E-state index is -3.67. The number of hydrogen-bond acceptors (Lipinski definition) is 7. The summed E-state index contributed by atoms with van der Waals surface area (Å²) in [5, 5.41) is 3.37. The number of pyridine rings is 1. The number of thiazole rings is 1. The van der Waals surface area contributed by atoms with Gasteiger partial charge in [0.15, 0.2) is 0 Å². The van der Waals surface area contributed by atoms with Gasteiger partial charge in [0, 0.05) is 44.0 Å². The van der Waals surface area contributed by atoms with E-state index in [4.69, 9.17) is 0 Å². The number of aromatic amines is 1. The zero-order valence-electron chi connectivity index (χ0n) is 15.7. The molecule has 8 nitrogen and oxygen atoms in total. The third kappa shape index (κ3) is 3.33. The summed E-state index contributed by atoms with van der Waals surface area (Å²) in [6.45, 7) is 1.17. The Kier molecular flexibility index (Phi) is 4.89. The molecule has 11 heteroatoms. The third-order valence-corrected chi connectivity index (χ3v) is 8.97. The average molecular weight is 460 g/mol. The van der Waals surface area contributed by atoms with Crippen molar-refractivity contribution in [3.8, 4) is 9.88 Å². The molecule has 5 rings (SSSR count). The van der Waals surface area contributed by atoms with Crippen molar-refractivity contribution in [1.29, 1.82) is 0 Å². The molecule has 0 spiro atoms. The van der Waals surface area contributed by atoms with E-state index in [-0.39, 0.29) is 23.9 Å². The van der Waals surface area contributed by atoms with E-state index < -0.39 is 10.0 Å². The van der Waals surface area contributed by atoms with Gasteiger partial charge in [-0.1, -0.05) is 6.07 Å². The Hall–Kier alpha value is -2.60. The number of nitrogens with one attached hydrogen (secondary N) is 1. The van der Waals surface area contributed by atoms with Crippen molar-refractivity contribution in [2.24, 2.45) is 0 Å². The highest BCUT2D eigenvalue weighted by molar-refractivity contribution is 7.89. The fraction of sp³-hybridized carbons (Fsp3) is 0.211. The molecule has 1 aliphatic rings. The zero-order chi connectivity index (χ0) is 20.7. The van der Waals surface area contributed by atoms with Crippen molar-refractivity contribution < 1.29 is 13.2 Å². The maximum atomic E-state index is 13.1. The predicted molar refractivity (Wildman–Crippen MR) is 116 cm³/mol.